The van der Waals surface area contributed by atoms with Gasteiger partial charge >= 0.3 is 0 Å². The van der Waals surface area contributed by atoms with Crippen molar-refractivity contribution in [1.29, 1.82) is 0 Å². The molecule has 0 amide bonds. The molecule has 9 aromatic rings. The number of pyridine rings is 1. The van der Waals surface area contributed by atoms with Gasteiger partial charge in [-0.25, -0.2) is 4.98 Å². The number of nitrogens with zero attached hydrogens (tertiary/aromatic N) is 1. The maximum absolute atomic E-state index is 5.19. The monoisotopic (exact) mass is 633 g/mol. The Kier molecular flexibility index (Phi) is 5.71. The van der Waals surface area contributed by atoms with Gasteiger partial charge < -0.3 is 0 Å². The molecule has 0 unspecified atom stereocenters. The number of benzene rings is 8. The zero-order valence-corrected chi connectivity index (χ0v) is 27.3. The van der Waals surface area contributed by atoms with Crippen molar-refractivity contribution in [3.8, 4) is 22.3 Å². The number of rotatable bonds is 3. The van der Waals surface area contributed by atoms with Crippen LogP contribution in [0.25, 0.3) is 54.8 Å². The Morgan fingerprint density at radius 2 is 0.980 bits per heavy atom. The van der Waals surface area contributed by atoms with Gasteiger partial charge in [0.2, 0.25) is 0 Å². The van der Waals surface area contributed by atoms with Gasteiger partial charge in [-0.3, -0.25) is 0 Å². The predicted octanol–water partition coefficient (Wildman–Crippen LogP) is 12.1. The number of fused-ring (bicyclic) bond motifs is 4. The molecule has 0 radical (unpaired) electrons. The van der Waals surface area contributed by atoms with Crippen LogP contribution in [0.2, 0.25) is 0 Å². The summed E-state index contributed by atoms with van der Waals surface area (Å²) in [7, 11) is 0. The van der Waals surface area contributed by atoms with Gasteiger partial charge in [-0.15, -0.1) is 0 Å². The first-order chi connectivity index (χ1) is 24.8. The van der Waals surface area contributed by atoms with Gasteiger partial charge in [-0.1, -0.05) is 170 Å². The van der Waals surface area contributed by atoms with Crippen LogP contribution in [-0.4, -0.2) is 4.98 Å². The van der Waals surface area contributed by atoms with Gasteiger partial charge in [0, 0.05) is 27.6 Å². The second-order valence-electron chi connectivity index (χ2n) is 13.8. The van der Waals surface area contributed by atoms with Gasteiger partial charge in [0.25, 0.3) is 0 Å². The summed E-state index contributed by atoms with van der Waals surface area (Å²) in [5.74, 6) is 0.265. The Morgan fingerprint density at radius 3 is 1.68 bits per heavy atom. The smallest absolute Gasteiger partial charge is 0.0794 e. The first-order valence-electron chi connectivity index (χ1n) is 17.5. The van der Waals surface area contributed by atoms with Crippen LogP contribution in [0.4, 0.5) is 0 Å². The minimum absolute atomic E-state index is 0.265. The predicted molar refractivity (Wildman–Crippen MR) is 207 cm³/mol. The Labute approximate surface area is 291 Å². The minimum atomic E-state index is -0.365. The van der Waals surface area contributed by atoms with Crippen molar-refractivity contribution >= 4 is 32.6 Å². The molecule has 2 bridgehead atoms. The quantitative estimate of drug-likeness (QED) is 0.139. The number of aromatic nitrogens is 1. The normalized spacial score (nSPS) is 17.1. The van der Waals surface area contributed by atoms with Crippen LogP contribution < -0.4 is 0 Å². The third kappa shape index (κ3) is 3.64. The lowest BCUT2D eigenvalue weighted by atomic mass is 9.51. The highest BCUT2D eigenvalue weighted by Crippen LogP contribution is 2.61. The summed E-state index contributed by atoms with van der Waals surface area (Å²) >= 11 is 0. The van der Waals surface area contributed by atoms with Gasteiger partial charge in [-0.2, -0.15) is 0 Å². The fourth-order valence-electron chi connectivity index (χ4n) is 9.38. The van der Waals surface area contributed by atoms with Gasteiger partial charge in [-0.05, 0) is 73.2 Å². The third-order valence-electron chi connectivity index (χ3n) is 11.4. The van der Waals surface area contributed by atoms with Gasteiger partial charge in [0.15, 0.2) is 0 Å². The molecule has 1 heterocycles. The summed E-state index contributed by atoms with van der Waals surface area (Å²) < 4.78 is 0. The lowest BCUT2D eigenvalue weighted by Crippen LogP contribution is -2.43. The van der Waals surface area contributed by atoms with Crippen molar-refractivity contribution in [3.05, 3.63) is 221 Å². The molecule has 0 spiro atoms. The van der Waals surface area contributed by atoms with Crippen LogP contribution in [0.5, 0.6) is 0 Å². The topological polar surface area (TPSA) is 12.9 Å². The molecule has 0 saturated carbocycles. The maximum Gasteiger partial charge on any atom is 0.0794 e. The van der Waals surface area contributed by atoms with Gasteiger partial charge in [0.05, 0.1) is 16.4 Å². The van der Waals surface area contributed by atoms with E-state index in [1.165, 1.54) is 82.7 Å². The lowest BCUT2D eigenvalue weighted by Gasteiger charge is -2.51. The van der Waals surface area contributed by atoms with Crippen molar-refractivity contribution in [2.45, 2.75) is 11.3 Å². The van der Waals surface area contributed by atoms with Crippen LogP contribution in [0, 0.1) is 0 Å². The molecule has 1 aromatic heterocycles. The average molecular weight is 634 g/mol. The van der Waals surface area contributed by atoms with E-state index >= 15 is 0 Å². The van der Waals surface area contributed by atoms with E-state index in [9.17, 15) is 0 Å². The van der Waals surface area contributed by atoms with Crippen LogP contribution >= 0.6 is 0 Å². The van der Waals surface area contributed by atoms with Crippen molar-refractivity contribution in [2.24, 2.45) is 0 Å². The fourth-order valence-corrected chi connectivity index (χ4v) is 9.38. The molecule has 3 aliphatic rings. The molecule has 0 saturated heterocycles. The standard InChI is InChI=1S/C49H31N/c1-2-15-36-32(12-1)26-29-41-46(40-19-6-10-23-45(40)50-48(36)41)34-14-11-13-33(30-34)31-24-27-35(28-25-31)49-42-20-7-3-16-37(42)47(38-17-4-8-21-43(38)49)39-18-5-9-22-44(39)49/h1-30,47H. The molecule has 0 N–H and O–H groups in total. The fraction of sp³-hybridized carbons (Fsp3) is 0.0408. The van der Waals surface area contributed by atoms with E-state index in [-0.39, 0.29) is 11.3 Å². The number of hydrogen-bond donors (Lipinski definition) is 0. The summed E-state index contributed by atoms with van der Waals surface area (Å²) in [5, 5.41) is 4.75. The Balaban J connectivity index is 1.09. The molecule has 1 nitrogen and oxygen atoms in total. The molecule has 0 fully saturated rings. The SMILES string of the molecule is c1cc(-c2ccc(C34c5ccccc5C(c5ccccc53)c3ccccc34)cc2)cc(-c2c3ccccc3nc3c2ccc2ccccc23)c1. The third-order valence-corrected chi connectivity index (χ3v) is 11.4. The second kappa shape index (κ2) is 10.3. The van der Waals surface area contributed by atoms with Crippen LogP contribution in [-0.2, 0) is 5.41 Å². The van der Waals surface area contributed by atoms with Crippen LogP contribution in [0.1, 0.15) is 44.9 Å². The molecule has 232 valence electrons. The molecular formula is C49H31N. The second-order valence-corrected chi connectivity index (χ2v) is 13.8. The van der Waals surface area contributed by atoms with E-state index in [0.29, 0.717) is 0 Å². The summed E-state index contributed by atoms with van der Waals surface area (Å²) in [6.07, 6.45) is 0. The minimum Gasteiger partial charge on any atom is -0.247 e. The molecule has 0 atom stereocenters. The summed E-state index contributed by atoms with van der Waals surface area (Å²) in [6.45, 7) is 0. The highest BCUT2D eigenvalue weighted by molar-refractivity contribution is 6.17. The molecule has 12 rings (SSSR count). The van der Waals surface area contributed by atoms with Crippen LogP contribution in [0.15, 0.2) is 182 Å². The van der Waals surface area contributed by atoms with Crippen molar-refractivity contribution < 1.29 is 0 Å². The van der Waals surface area contributed by atoms with E-state index in [2.05, 4.69) is 182 Å². The molecule has 0 aliphatic heterocycles. The number of hydrogen-bond acceptors (Lipinski definition) is 1. The van der Waals surface area contributed by atoms with Crippen molar-refractivity contribution in [2.75, 3.05) is 0 Å². The lowest BCUT2D eigenvalue weighted by molar-refractivity contribution is 0.629. The van der Waals surface area contributed by atoms with E-state index in [0.717, 1.165) is 11.0 Å². The largest absolute Gasteiger partial charge is 0.247 e. The molecule has 3 aliphatic carbocycles. The summed E-state index contributed by atoms with van der Waals surface area (Å²) in [4.78, 5) is 5.19. The zero-order valence-electron chi connectivity index (χ0n) is 27.3. The van der Waals surface area contributed by atoms with Gasteiger partial charge in [0.1, 0.15) is 0 Å². The molecule has 8 aromatic carbocycles. The summed E-state index contributed by atoms with van der Waals surface area (Å²) in [6, 6.07) is 67.4. The van der Waals surface area contributed by atoms with E-state index in [1.54, 1.807) is 0 Å². The Hall–Kier alpha value is -6.31. The van der Waals surface area contributed by atoms with E-state index in [1.807, 2.05) is 0 Å². The molecular weight excluding hydrogens is 603 g/mol. The first kappa shape index (κ1) is 27.6. The Morgan fingerprint density at radius 1 is 0.400 bits per heavy atom. The highest BCUT2D eigenvalue weighted by atomic mass is 14.7. The molecule has 1 heteroatoms. The molecule has 50 heavy (non-hydrogen) atoms. The van der Waals surface area contributed by atoms with Crippen LogP contribution in [0.3, 0.4) is 0 Å². The zero-order chi connectivity index (χ0) is 32.8. The van der Waals surface area contributed by atoms with E-state index < -0.39 is 0 Å². The maximum atomic E-state index is 5.19. The first-order valence-corrected chi connectivity index (χ1v) is 17.5. The van der Waals surface area contributed by atoms with E-state index in [4.69, 9.17) is 4.98 Å². The Bertz CT molecular complexity index is 2710. The van der Waals surface area contributed by atoms with Crippen molar-refractivity contribution in [3.63, 3.8) is 0 Å². The van der Waals surface area contributed by atoms with Crippen molar-refractivity contribution in [1.82, 2.24) is 4.98 Å². The summed E-state index contributed by atoms with van der Waals surface area (Å²) in [5.41, 5.74) is 16.3. The number of para-hydroxylation sites is 1. The highest BCUT2D eigenvalue weighted by Gasteiger charge is 2.52. The average Bonchev–Trinajstić information content (AvgIpc) is 3.20.